The summed E-state index contributed by atoms with van der Waals surface area (Å²) in [6, 6.07) is 4.03. The largest absolute Gasteiger partial charge is 0.387 e. The number of hydrogen-bond acceptors (Lipinski definition) is 3. The molecule has 1 atom stereocenters. The Morgan fingerprint density at radius 2 is 2.53 bits per heavy atom. The molecule has 0 saturated carbocycles. The molecule has 0 radical (unpaired) electrons. The molecule has 1 aliphatic heterocycles. The number of H-pyrrole nitrogens is 1. The van der Waals surface area contributed by atoms with Gasteiger partial charge in [-0.15, -0.1) is 0 Å². The second kappa shape index (κ2) is 6.34. The highest BCUT2D eigenvalue weighted by Crippen LogP contribution is 2.26. The molecule has 19 heavy (non-hydrogen) atoms. The van der Waals surface area contributed by atoms with Crippen LogP contribution in [0.1, 0.15) is 12.1 Å². The van der Waals surface area contributed by atoms with E-state index in [0.717, 1.165) is 36.1 Å². The Bertz CT molecular complexity index is 412. The van der Waals surface area contributed by atoms with Crippen molar-refractivity contribution >= 4 is 17.7 Å². The molecular formula is C13H22N4OS. The second-order valence-corrected chi connectivity index (χ2v) is 6.08. The fourth-order valence-corrected chi connectivity index (χ4v) is 3.46. The zero-order chi connectivity index (χ0) is 13.7. The minimum atomic E-state index is -0.589. The first-order valence-corrected chi connectivity index (χ1v) is 7.63. The zero-order valence-corrected chi connectivity index (χ0v) is 12.3. The molecule has 6 heteroatoms. The zero-order valence-electron chi connectivity index (χ0n) is 11.5. The van der Waals surface area contributed by atoms with E-state index in [1.807, 2.05) is 30.3 Å². The summed E-state index contributed by atoms with van der Waals surface area (Å²) >= 11 is 1.80. The molecule has 3 N–H and O–H groups in total. The quantitative estimate of drug-likeness (QED) is 0.567. The van der Waals surface area contributed by atoms with Gasteiger partial charge in [-0.1, -0.05) is 0 Å². The van der Waals surface area contributed by atoms with Crippen LogP contribution in [0.3, 0.4) is 0 Å². The number of rotatable bonds is 4. The first-order valence-electron chi connectivity index (χ1n) is 6.47. The molecule has 106 valence electrons. The third-order valence-electron chi connectivity index (χ3n) is 3.30. The molecule has 0 spiro atoms. The van der Waals surface area contributed by atoms with Crippen molar-refractivity contribution < 1.29 is 5.11 Å². The Labute approximate surface area is 118 Å². The number of aliphatic hydroxyl groups is 1. The van der Waals surface area contributed by atoms with Crippen molar-refractivity contribution in [3.8, 4) is 0 Å². The molecular weight excluding hydrogens is 260 g/mol. The topological polar surface area (TPSA) is 63.7 Å². The van der Waals surface area contributed by atoms with Gasteiger partial charge in [0.15, 0.2) is 5.96 Å². The third kappa shape index (κ3) is 3.91. The minimum Gasteiger partial charge on any atom is -0.387 e. The summed E-state index contributed by atoms with van der Waals surface area (Å²) in [4.78, 5) is 9.47. The molecule has 1 aromatic heterocycles. The highest BCUT2D eigenvalue weighted by Gasteiger charge is 2.31. The Morgan fingerprint density at radius 3 is 3.11 bits per heavy atom. The molecule has 1 saturated heterocycles. The number of aliphatic imine (C=N–C) groups is 1. The number of aromatic amines is 1. The molecule has 1 fully saturated rings. The van der Waals surface area contributed by atoms with Crippen LogP contribution in [0.5, 0.6) is 0 Å². The number of aromatic nitrogens is 1. The summed E-state index contributed by atoms with van der Waals surface area (Å²) < 4.78 is 0. The fourth-order valence-electron chi connectivity index (χ4n) is 2.16. The lowest BCUT2D eigenvalue weighted by Crippen LogP contribution is -2.47. The van der Waals surface area contributed by atoms with Crippen molar-refractivity contribution in [2.24, 2.45) is 4.99 Å². The van der Waals surface area contributed by atoms with E-state index in [9.17, 15) is 5.11 Å². The maximum atomic E-state index is 10.3. The van der Waals surface area contributed by atoms with Crippen molar-refractivity contribution in [3.05, 3.63) is 24.0 Å². The van der Waals surface area contributed by atoms with Gasteiger partial charge >= 0.3 is 0 Å². The second-order valence-electron chi connectivity index (χ2n) is 4.98. The molecule has 0 bridgehead atoms. The van der Waals surface area contributed by atoms with Gasteiger partial charge in [-0.25, -0.2) is 0 Å². The van der Waals surface area contributed by atoms with Gasteiger partial charge < -0.3 is 20.3 Å². The van der Waals surface area contributed by atoms with Gasteiger partial charge in [-0.2, -0.15) is 11.8 Å². The monoisotopic (exact) mass is 282 g/mol. The number of nitrogens with one attached hydrogen (secondary N) is 2. The van der Waals surface area contributed by atoms with Crippen molar-refractivity contribution in [1.82, 2.24) is 15.2 Å². The summed E-state index contributed by atoms with van der Waals surface area (Å²) in [5.41, 5.74) is 0.550. The molecule has 1 aliphatic rings. The molecule has 5 nitrogen and oxygen atoms in total. The number of nitrogens with zero attached hydrogens (tertiary/aromatic N) is 2. The van der Waals surface area contributed by atoms with Gasteiger partial charge in [-0.3, -0.25) is 4.99 Å². The first kappa shape index (κ1) is 14.3. The van der Waals surface area contributed by atoms with Crippen LogP contribution in [-0.4, -0.2) is 58.7 Å². The van der Waals surface area contributed by atoms with Crippen molar-refractivity contribution in [3.63, 3.8) is 0 Å². The summed E-state index contributed by atoms with van der Waals surface area (Å²) in [7, 11) is 3.75. The summed E-state index contributed by atoms with van der Waals surface area (Å²) in [5, 5.41) is 13.6. The van der Waals surface area contributed by atoms with E-state index in [2.05, 4.69) is 15.3 Å². The Kier molecular flexibility index (Phi) is 4.76. The van der Waals surface area contributed by atoms with Gasteiger partial charge in [0.25, 0.3) is 0 Å². The molecule has 1 aromatic rings. The van der Waals surface area contributed by atoms with Crippen molar-refractivity contribution in [2.75, 3.05) is 32.1 Å². The van der Waals surface area contributed by atoms with E-state index in [-0.39, 0.29) is 0 Å². The van der Waals surface area contributed by atoms with E-state index in [1.54, 1.807) is 18.8 Å². The molecule has 0 aliphatic carbocycles. The van der Waals surface area contributed by atoms with Gasteiger partial charge in [-0.05, 0) is 24.3 Å². The highest BCUT2D eigenvalue weighted by atomic mass is 32.2. The van der Waals surface area contributed by atoms with Gasteiger partial charge in [0.05, 0.1) is 12.1 Å². The maximum Gasteiger partial charge on any atom is 0.193 e. The minimum absolute atomic E-state index is 0.557. The van der Waals surface area contributed by atoms with Crippen molar-refractivity contribution in [2.45, 2.75) is 18.6 Å². The normalized spacial score (nSPS) is 23.6. The SMILES string of the molecule is CN=C(NCC1(O)CCSC1)N(C)Cc1ccc[nH]1. The third-order valence-corrected chi connectivity index (χ3v) is 4.54. The Balaban J connectivity index is 1.85. The maximum absolute atomic E-state index is 10.3. The van der Waals surface area contributed by atoms with Crippen LogP contribution in [0.25, 0.3) is 0 Å². The lowest BCUT2D eigenvalue weighted by molar-refractivity contribution is 0.0718. The van der Waals surface area contributed by atoms with Crippen LogP contribution < -0.4 is 5.32 Å². The van der Waals surface area contributed by atoms with Gasteiger partial charge in [0.2, 0.25) is 0 Å². The van der Waals surface area contributed by atoms with Crippen molar-refractivity contribution in [1.29, 1.82) is 0 Å². The van der Waals surface area contributed by atoms with Gasteiger partial charge in [0, 0.05) is 38.3 Å². The van der Waals surface area contributed by atoms with E-state index < -0.39 is 5.60 Å². The van der Waals surface area contributed by atoms with E-state index in [1.165, 1.54) is 0 Å². The molecule has 2 rings (SSSR count). The lowest BCUT2D eigenvalue weighted by atomic mass is 10.0. The van der Waals surface area contributed by atoms with Crippen LogP contribution in [0.2, 0.25) is 0 Å². The summed E-state index contributed by atoms with van der Waals surface area (Å²) in [6.07, 6.45) is 2.76. The van der Waals surface area contributed by atoms with Crippen LogP contribution in [-0.2, 0) is 6.54 Å². The standard InChI is InChI=1S/C13H22N4OS/c1-14-12(16-9-13(18)5-7-19-10-13)17(2)8-11-4-3-6-15-11/h3-4,6,15,18H,5,7-10H2,1-2H3,(H,14,16). The van der Waals surface area contributed by atoms with Crippen LogP contribution in [0.4, 0.5) is 0 Å². The first-order chi connectivity index (χ1) is 9.13. The molecule has 0 aromatic carbocycles. The number of thioether (sulfide) groups is 1. The number of guanidine groups is 1. The van der Waals surface area contributed by atoms with E-state index >= 15 is 0 Å². The smallest absolute Gasteiger partial charge is 0.193 e. The summed E-state index contributed by atoms with van der Waals surface area (Å²) in [5.74, 6) is 2.65. The van der Waals surface area contributed by atoms with Crippen LogP contribution in [0, 0.1) is 0 Å². The van der Waals surface area contributed by atoms with Crippen LogP contribution in [0.15, 0.2) is 23.3 Å². The van der Waals surface area contributed by atoms with Gasteiger partial charge in [0.1, 0.15) is 0 Å². The highest BCUT2D eigenvalue weighted by molar-refractivity contribution is 7.99. The predicted molar refractivity (Wildman–Crippen MR) is 80.5 cm³/mol. The predicted octanol–water partition coefficient (Wildman–Crippen LogP) is 0.890. The fraction of sp³-hybridized carbons (Fsp3) is 0.615. The van der Waals surface area contributed by atoms with E-state index in [4.69, 9.17) is 0 Å². The molecule has 0 amide bonds. The average molecular weight is 282 g/mol. The molecule has 1 unspecified atom stereocenters. The van der Waals surface area contributed by atoms with Crippen LogP contribution >= 0.6 is 11.8 Å². The average Bonchev–Trinajstić information content (AvgIpc) is 3.02. The number of hydrogen-bond donors (Lipinski definition) is 3. The Morgan fingerprint density at radius 1 is 1.68 bits per heavy atom. The summed E-state index contributed by atoms with van der Waals surface area (Å²) in [6.45, 7) is 1.32. The van der Waals surface area contributed by atoms with E-state index in [0.29, 0.717) is 6.54 Å². The lowest BCUT2D eigenvalue weighted by Gasteiger charge is -2.26. The molecule has 2 heterocycles. The Hall–Kier alpha value is -1.14.